The second kappa shape index (κ2) is 9.97. The molecule has 0 aromatic heterocycles. The van der Waals surface area contributed by atoms with Gasteiger partial charge < -0.3 is 15.5 Å². The number of nitrogens with one attached hydrogen (secondary N) is 1. The van der Waals surface area contributed by atoms with Crippen LogP contribution in [-0.2, 0) is 10.0 Å². The lowest BCUT2D eigenvalue weighted by atomic mass is 10.0. The maximum absolute atomic E-state index is 13.4. The second-order valence-electron chi connectivity index (χ2n) is 7.45. The van der Waals surface area contributed by atoms with Crippen molar-refractivity contribution in [2.45, 2.75) is 30.7 Å². The van der Waals surface area contributed by atoms with Crippen LogP contribution in [0.3, 0.4) is 0 Å². The molecule has 2 aromatic rings. The summed E-state index contributed by atoms with van der Waals surface area (Å²) in [6.07, 6.45) is 3.01. The third-order valence-corrected chi connectivity index (χ3v) is 6.97. The van der Waals surface area contributed by atoms with Crippen LogP contribution in [0, 0.1) is 0 Å². The molecule has 1 heterocycles. The maximum atomic E-state index is 13.4. The summed E-state index contributed by atoms with van der Waals surface area (Å²) < 4.78 is 32.8. The Hall–Kier alpha value is -3.17. The number of carbonyl (C=O) groups is 1. The van der Waals surface area contributed by atoms with Gasteiger partial charge in [0.15, 0.2) is 0 Å². The third-order valence-electron chi connectivity index (χ3n) is 5.43. The molecule has 1 fully saturated rings. The highest BCUT2D eigenvalue weighted by Gasteiger charge is 2.31. The number of ether oxygens (including phenoxy) is 1. The highest BCUT2D eigenvalue weighted by atomic mass is 32.2. The average molecular weight is 457 g/mol. The number of hydrogen-bond donors (Lipinski definition) is 2. The zero-order valence-electron chi connectivity index (χ0n) is 18.2. The minimum absolute atomic E-state index is 0.143. The molecule has 0 radical (unpaired) electrons. The predicted molar refractivity (Wildman–Crippen MR) is 125 cm³/mol. The summed E-state index contributed by atoms with van der Waals surface area (Å²) in [6, 6.07) is 11.7. The van der Waals surface area contributed by atoms with Crippen molar-refractivity contribution in [1.29, 1.82) is 0 Å². The van der Waals surface area contributed by atoms with E-state index in [9.17, 15) is 13.2 Å². The summed E-state index contributed by atoms with van der Waals surface area (Å²) in [4.78, 5) is 15.3. The van der Waals surface area contributed by atoms with Gasteiger partial charge in [-0.25, -0.2) is 13.1 Å². The number of carbonyl (C=O) groups excluding carboxylic acids is 1. The van der Waals surface area contributed by atoms with Crippen molar-refractivity contribution in [2.24, 2.45) is 10.9 Å². The predicted octanol–water partition coefficient (Wildman–Crippen LogP) is 2.93. The van der Waals surface area contributed by atoms with Gasteiger partial charge in [-0.3, -0.25) is 4.79 Å². The van der Waals surface area contributed by atoms with E-state index in [1.165, 1.54) is 13.3 Å². The number of allylic oxidation sites excluding steroid dienone is 1. The zero-order chi connectivity index (χ0) is 23.3. The fraction of sp³-hybridized carbons (Fsp3) is 0.304. The molecule has 0 spiro atoms. The standard InChI is InChI=1S/C23H28N4O4S/c1-4-26-32(29,30)19-8-5-7-17(13-19)21-9-6-12-27(21)23(28)18-10-11-20(16(2)15-25-24)22(14-18)31-3/h5,7-8,10-11,13-15,21,26H,2,4,6,9,12,24H2,1,3H3/b25-15-/t21-/m1/s1. The van der Waals surface area contributed by atoms with Gasteiger partial charge in [0, 0.05) is 24.2 Å². The molecule has 0 saturated carbocycles. The molecule has 1 aliphatic heterocycles. The van der Waals surface area contributed by atoms with Crippen LogP contribution in [-0.4, -0.2) is 45.6 Å². The Kier molecular flexibility index (Phi) is 7.32. The molecule has 9 heteroatoms. The van der Waals surface area contributed by atoms with Gasteiger partial charge in [0.2, 0.25) is 10.0 Å². The van der Waals surface area contributed by atoms with Crippen molar-refractivity contribution in [1.82, 2.24) is 9.62 Å². The highest BCUT2D eigenvalue weighted by Crippen LogP contribution is 2.35. The molecule has 3 rings (SSSR count). The van der Waals surface area contributed by atoms with Crippen LogP contribution < -0.4 is 15.3 Å². The summed E-state index contributed by atoms with van der Waals surface area (Å²) in [7, 11) is -2.05. The molecule has 170 valence electrons. The van der Waals surface area contributed by atoms with E-state index in [-0.39, 0.29) is 16.8 Å². The summed E-state index contributed by atoms with van der Waals surface area (Å²) in [6.45, 7) is 6.54. The van der Waals surface area contributed by atoms with Crippen LogP contribution in [0.1, 0.15) is 47.3 Å². The highest BCUT2D eigenvalue weighted by molar-refractivity contribution is 7.89. The smallest absolute Gasteiger partial charge is 0.254 e. The van der Waals surface area contributed by atoms with E-state index in [0.717, 1.165) is 18.4 Å². The number of nitrogens with zero attached hydrogens (tertiary/aromatic N) is 2. The number of likely N-dealkylation sites (tertiary alicyclic amines) is 1. The molecule has 0 bridgehead atoms. The van der Waals surface area contributed by atoms with Crippen LogP contribution in [0.4, 0.5) is 0 Å². The lowest BCUT2D eigenvalue weighted by molar-refractivity contribution is 0.0735. The number of amides is 1. The summed E-state index contributed by atoms with van der Waals surface area (Å²) >= 11 is 0. The van der Waals surface area contributed by atoms with Crippen LogP contribution >= 0.6 is 0 Å². The molecule has 32 heavy (non-hydrogen) atoms. The normalized spacial score (nSPS) is 16.4. The van der Waals surface area contributed by atoms with Crippen molar-refractivity contribution in [2.75, 3.05) is 20.2 Å². The lowest BCUT2D eigenvalue weighted by Crippen LogP contribution is -2.31. The monoisotopic (exact) mass is 456 g/mol. The molecule has 1 atom stereocenters. The van der Waals surface area contributed by atoms with E-state index in [1.54, 1.807) is 48.2 Å². The fourth-order valence-electron chi connectivity index (χ4n) is 3.93. The Labute approximate surface area is 188 Å². The molecule has 1 amide bonds. The molecule has 0 unspecified atom stereocenters. The van der Waals surface area contributed by atoms with Crippen LogP contribution in [0.25, 0.3) is 5.57 Å². The molecule has 1 saturated heterocycles. The Morgan fingerprint density at radius 3 is 2.81 bits per heavy atom. The Balaban J connectivity index is 1.90. The molecule has 2 aromatic carbocycles. The van der Waals surface area contributed by atoms with Gasteiger partial charge in [0.1, 0.15) is 5.75 Å². The van der Waals surface area contributed by atoms with E-state index < -0.39 is 10.0 Å². The second-order valence-corrected chi connectivity index (χ2v) is 9.22. The van der Waals surface area contributed by atoms with E-state index in [2.05, 4.69) is 16.4 Å². The van der Waals surface area contributed by atoms with Crippen molar-refractivity contribution in [3.63, 3.8) is 0 Å². The lowest BCUT2D eigenvalue weighted by Gasteiger charge is -2.26. The molecule has 3 N–H and O–H groups in total. The Bertz CT molecular complexity index is 1140. The Morgan fingerprint density at radius 2 is 2.12 bits per heavy atom. The number of sulfonamides is 1. The van der Waals surface area contributed by atoms with Gasteiger partial charge in [0.25, 0.3) is 5.91 Å². The van der Waals surface area contributed by atoms with Crippen molar-refractivity contribution >= 4 is 27.7 Å². The van der Waals surface area contributed by atoms with E-state index >= 15 is 0 Å². The van der Waals surface area contributed by atoms with Crippen molar-refractivity contribution in [3.8, 4) is 5.75 Å². The van der Waals surface area contributed by atoms with Gasteiger partial charge in [-0.15, -0.1) is 0 Å². The zero-order valence-corrected chi connectivity index (χ0v) is 19.1. The maximum Gasteiger partial charge on any atom is 0.254 e. The van der Waals surface area contributed by atoms with Crippen LogP contribution in [0.2, 0.25) is 0 Å². The summed E-state index contributed by atoms with van der Waals surface area (Å²) in [5.41, 5.74) is 2.54. The number of benzene rings is 2. The third kappa shape index (κ3) is 4.84. The van der Waals surface area contributed by atoms with Gasteiger partial charge in [-0.05, 0) is 54.3 Å². The molecule has 0 aliphatic carbocycles. The number of nitrogens with two attached hydrogens (primary N) is 1. The number of hydrazone groups is 1. The number of hydrogen-bond acceptors (Lipinski definition) is 6. The average Bonchev–Trinajstić information content (AvgIpc) is 3.28. The minimum Gasteiger partial charge on any atom is -0.496 e. The largest absolute Gasteiger partial charge is 0.496 e. The number of methoxy groups -OCH3 is 1. The van der Waals surface area contributed by atoms with Crippen molar-refractivity contribution in [3.05, 3.63) is 65.7 Å². The molecular weight excluding hydrogens is 428 g/mol. The van der Waals surface area contributed by atoms with E-state index in [0.29, 0.717) is 35.5 Å². The van der Waals surface area contributed by atoms with Gasteiger partial charge >= 0.3 is 0 Å². The first-order chi connectivity index (χ1) is 15.3. The van der Waals surface area contributed by atoms with Crippen molar-refractivity contribution < 1.29 is 17.9 Å². The first kappa shape index (κ1) is 23.5. The molecule has 1 aliphatic rings. The molecular formula is C23H28N4O4S. The first-order valence-electron chi connectivity index (χ1n) is 10.3. The first-order valence-corrected chi connectivity index (χ1v) is 11.8. The fourth-order valence-corrected chi connectivity index (χ4v) is 5.03. The minimum atomic E-state index is -3.58. The van der Waals surface area contributed by atoms with Gasteiger partial charge in [-0.2, -0.15) is 5.10 Å². The molecule has 8 nitrogen and oxygen atoms in total. The van der Waals surface area contributed by atoms with E-state index in [1.807, 2.05) is 6.07 Å². The topological polar surface area (TPSA) is 114 Å². The number of rotatable bonds is 8. The quantitative estimate of drug-likeness (QED) is 0.360. The summed E-state index contributed by atoms with van der Waals surface area (Å²) in [5.74, 6) is 5.56. The van der Waals surface area contributed by atoms with Crippen LogP contribution in [0.15, 0.2) is 59.0 Å². The van der Waals surface area contributed by atoms with E-state index in [4.69, 9.17) is 10.6 Å². The SMILES string of the molecule is C=C(/C=N\N)c1ccc(C(=O)N2CCC[C@@H]2c2cccc(S(=O)(=O)NCC)c2)cc1OC. The Morgan fingerprint density at radius 1 is 1.34 bits per heavy atom. The van der Waals surface area contributed by atoms with Crippen LogP contribution in [0.5, 0.6) is 5.75 Å². The van der Waals surface area contributed by atoms with Gasteiger partial charge in [-0.1, -0.05) is 25.6 Å². The summed E-state index contributed by atoms with van der Waals surface area (Å²) in [5, 5.41) is 3.48. The van der Waals surface area contributed by atoms with Gasteiger partial charge in [0.05, 0.1) is 24.3 Å².